The van der Waals surface area contributed by atoms with Crippen LogP contribution >= 0.6 is 0 Å². The van der Waals surface area contributed by atoms with E-state index in [-0.39, 0.29) is 5.91 Å². The molecule has 2 heteroatoms. The van der Waals surface area contributed by atoms with Crippen LogP contribution in [-0.4, -0.2) is 12.5 Å². The number of nitrogens with one attached hydrogen (secondary N) is 1. The summed E-state index contributed by atoms with van der Waals surface area (Å²) in [5, 5.41) is 2.79. The fraction of sp³-hybridized carbons (Fsp3) is 0.417. The van der Waals surface area contributed by atoms with Gasteiger partial charge >= 0.3 is 0 Å². The average Bonchev–Trinajstić information content (AvgIpc) is 2.18. The maximum atomic E-state index is 11.5. The van der Waals surface area contributed by atoms with Gasteiger partial charge in [-0.3, -0.25) is 4.79 Å². The van der Waals surface area contributed by atoms with Crippen LogP contribution in [0.25, 0.3) is 0 Å². The van der Waals surface area contributed by atoms with Gasteiger partial charge in [0.2, 0.25) is 0 Å². The van der Waals surface area contributed by atoms with Crippen molar-refractivity contribution in [1.29, 1.82) is 0 Å². The van der Waals surface area contributed by atoms with Gasteiger partial charge in [-0.05, 0) is 30.5 Å². The molecule has 0 aromatic heterocycles. The third-order valence-corrected chi connectivity index (χ3v) is 2.15. The molecule has 76 valence electrons. The summed E-state index contributed by atoms with van der Waals surface area (Å²) in [6.07, 6.45) is 0. The molecule has 0 aliphatic carbocycles. The van der Waals surface area contributed by atoms with Gasteiger partial charge in [0.25, 0.3) is 5.91 Å². The molecule has 2 nitrogen and oxygen atoms in total. The summed E-state index contributed by atoms with van der Waals surface area (Å²) in [6, 6.07) is 7.78. The normalized spacial score (nSPS) is 10.3. The summed E-state index contributed by atoms with van der Waals surface area (Å²) in [5.74, 6) is 0.472. The van der Waals surface area contributed by atoms with Gasteiger partial charge in [0, 0.05) is 12.1 Å². The standard InChI is InChI=1S/C12H17NO/c1-4-13-12(14)11-7-5-6-10(8-11)9(2)3/h5-9H,4H2,1-3H3,(H,13,14). The van der Waals surface area contributed by atoms with Crippen LogP contribution in [0.5, 0.6) is 0 Å². The van der Waals surface area contributed by atoms with Gasteiger partial charge in [0.1, 0.15) is 0 Å². The van der Waals surface area contributed by atoms with Crippen LogP contribution in [0.4, 0.5) is 0 Å². The van der Waals surface area contributed by atoms with Crippen molar-refractivity contribution in [2.45, 2.75) is 26.7 Å². The van der Waals surface area contributed by atoms with Crippen molar-refractivity contribution in [1.82, 2.24) is 5.32 Å². The third-order valence-electron chi connectivity index (χ3n) is 2.15. The molecule has 0 bridgehead atoms. The Morgan fingerprint density at radius 1 is 1.43 bits per heavy atom. The first-order valence-electron chi connectivity index (χ1n) is 5.03. The molecule has 0 fully saturated rings. The molecule has 0 atom stereocenters. The number of benzene rings is 1. The van der Waals surface area contributed by atoms with Crippen molar-refractivity contribution in [3.63, 3.8) is 0 Å². The van der Waals surface area contributed by atoms with Crippen molar-refractivity contribution >= 4 is 5.91 Å². The predicted molar refractivity (Wildman–Crippen MR) is 58.5 cm³/mol. The molecular weight excluding hydrogens is 174 g/mol. The van der Waals surface area contributed by atoms with Crippen molar-refractivity contribution in [2.24, 2.45) is 0 Å². The summed E-state index contributed by atoms with van der Waals surface area (Å²) in [6.45, 7) is 6.84. The predicted octanol–water partition coefficient (Wildman–Crippen LogP) is 2.56. The van der Waals surface area contributed by atoms with E-state index >= 15 is 0 Å². The van der Waals surface area contributed by atoms with Crippen LogP contribution < -0.4 is 5.32 Å². The monoisotopic (exact) mass is 191 g/mol. The highest BCUT2D eigenvalue weighted by molar-refractivity contribution is 5.94. The zero-order chi connectivity index (χ0) is 10.6. The van der Waals surface area contributed by atoms with E-state index in [1.54, 1.807) is 0 Å². The van der Waals surface area contributed by atoms with Crippen LogP contribution in [0.2, 0.25) is 0 Å². The topological polar surface area (TPSA) is 29.1 Å². The maximum absolute atomic E-state index is 11.5. The Kier molecular flexibility index (Phi) is 3.69. The van der Waals surface area contributed by atoms with E-state index in [1.165, 1.54) is 5.56 Å². The lowest BCUT2D eigenvalue weighted by atomic mass is 10.0. The van der Waals surface area contributed by atoms with Gasteiger partial charge in [-0.25, -0.2) is 0 Å². The highest BCUT2D eigenvalue weighted by Gasteiger charge is 2.05. The molecule has 0 radical (unpaired) electrons. The fourth-order valence-electron chi connectivity index (χ4n) is 1.30. The Morgan fingerprint density at radius 3 is 2.71 bits per heavy atom. The zero-order valence-electron chi connectivity index (χ0n) is 9.00. The number of carbonyl (C=O) groups excluding carboxylic acids is 1. The van der Waals surface area contributed by atoms with E-state index in [1.807, 2.05) is 31.2 Å². The van der Waals surface area contributed by atoms with E-state index < -0.39 is 0 Å². The van der Waals surface area contributed by atoms with Gasteiger partial charge in [0.15, 0.2) is 0 Å². The number of carbonyl (C=O) groups is 1. The minimum absolute atomic E-state index is 0.00926. The first kappa shape index (κ1) is 10.8. The number of rotatable bonds is 3. The van der Waals surface area contributed by atoms with Gasteiger partial charge in [-0.2, -0.15) is 0 Å². The Labute approximate surface area is 85.3 Å². The Hall–Kier alpha value is -1.31. The second-order valence-corrected chi connectivity index (χ2v) is 3.64. The smallest absolute Gasteiger partial charge is 0.251 e. The summed E-state index contributed by atoms with van der Waals surface area (Å²) >= 11 is 0. The van der Waals surface area contributed by atoms with Gasteiger partial charge < -0.3 is 5.32 Å². The molecule has 0 unspecified atom stereocenters. The van der Waals surface area contributed by atoms with E-state index in [4.69, 9.17) is 0 Å². The van der Waals surface area contributed by atoms with E-state index in [0.717, 1.165) is 5.56 Å². The van der Waals surface area contributed by atoms with Gasteiger partial charge in [-0.1, -0.05) is 26.0 Å². The molecule has 0 aliphatic rings. The fourth-order valence-corrected chi connectivity index (χ4v) is 1.30. The lowest BCUT2D eigenvalue weighted by Crippen LogP contribution is -2.22. The summed E-state index contributed by atoms with van der Waals surface area (Å²) in [5.41, 5.74) is 1.95. The molecule has 1 N–H and O–H groups in total. The van der Waals surface area contributed by atoms with Crippen LogP contribution in [0.1, 0.15) is 42.6 Å². The Morgan fingerprint density at radius 2 is 2.14 bits per heavy atom. The molecule has 1 aromatic rings. The number of hydrogen-bond acceptors (Lipinski definition) is 1. The van der Waals surface area contributed by atoms with E-state index in [9.17, 15) is 4.79 Å². The van der Waals surface area contributed by atoms with Gasteiger partial charge in [-0.15, -0.1) is 0 Å². The molecule has 14 heavy (non-hydrogen) atoms. The van der Waals surface area contributed by atoms with Crippen LogP contribution in [0, 0.1) is 0 Å². The van der Waals surface area contributed by atoms with Crippen LogP contribution in [0.3, 0.4) is 0 Å². The summed E-state index contributed by atoms with van der Waals surface area (Å²) < 4.78 is 0. The minimum Gasteiger partial charge on any atom is -0.352 e. The molecule has 0 saturated heterocycles. The molecule has 1 amide bonds. The lowest BCUT2D eigenvalue weighted by Gasteiger charge is -2.07. The zero-order valence-corrected chi connectivity index (χ0v) is 9.00. The Balaban J connectivity index is 2.88. The summed E-state index contributed by atoms with van der Waals surface area (Å²) in [4.78, 5) is 11.5. The Bertz CT molecular complexity index is 318. The van der Waals surface area contributed by atoms with Crippen molar-refractivity contribution in [2.75, 3.05) is 6.54 Å². The maximum Gasteiger partial charge on any atom is 0.251 e. The SMILES string of the molecule is CCNC(=O)c1cccc(C(C)C)c1. The number of amides is 1. The molecule has 1 rings (SSSR count). The molecule has 0 aliphatic heterocycles. The lowest BCUT2D eigenvalue weighted by molar-refractivity contribution is 0.0955. The highest BCUT2D eigenvalue weighted by Crippen LogP contribution is 2.15. The molecule has 0 heterocycles. The molecule has 1 aromatic carbocycles. The van der Waals surface area contributed by atoms with Crippen LogP contribution in [0.15, 0.2) is 24.3 Å². The second kappa shape index (κ2) is 4.80. The summed E-state index contributed by atoms with van der Waals surface area (Å²) in [7, 11) is 0. The second-order valence-electron chi connectivity index (χ2n) is 3.64. The van der Waals surface area contributed by atoms with Crippen molar-refractivity contribution in [3.8, 4) is 0 Å². The van der Waals surface area contributed by atoms with Crippen molar-refractivity contribution in [3.05, 3.63) is 35.4 Å². The van der Waals surface area contributed by atoms with E-state index in [0.29, 0.717) is 12.5 Å². The largest absolute Gasteiger partial charge is 0.352 e. The van der Waals surface area contributed by atoms with Gasteiger partial charge in [0.05, 0.1) is 0 Å². The molecule has 0 spiro atoms. The van der Waals surface area contributed by atoms with E-state index in [2.05, 4.69) is 19.2 Å². The minimum atomic E-state index is 0.00926. The highest BCUT2D eigenvalue weighted by atomic mass is 16.1. The van der Waals surface area contributed by atoms with Crippen LogP contribution in [-0.2, 0) is 0 Å². The average molecular weight is 191 g/mol. The molecular formula is C12H17NO. The first-order valence-corrected chi connectivity index (χ1v) is 5.03. The molecule has 0 saturated carbocycles. The van der Waals surface area contributed by atoms with Crippen molar-refractivity contribution < 1.29 is 4.79 Å². The third kappa shape index (κ3) is 2.59. The number of hydrogen-bond donors (Lipinski definition) is 1. The first-order chi connectivity index (χ1) is 6.65. The quantitative estimate of drug-likeness (QED) is 0.781.